The van der Waals surface area contributed by atoms with E-state index < -0.39 is 0 Å². The van der Waals surface area contributed by atoms with Crippen LogP contribution in [0.1, 0.15) is 24.1 Å². The van der Waals surface area contributed by atoms with E-state index in [4.69, 9.17) is 4.74 Å². The molecule has 0 heterocycles. The standard InChI is InChI=1S/C16H19NO2/c1-12(13-6-4-3-5-7-13)17-11-14-10-15(19-2)8-9-16(14)18/h3-10,12,17-18H,11H2,1-2H3. The van der Waals surface area contributed by atoms with Gasteiger partial charge < -0.3 is 15.2 Å². The average Bonchev–Trinajstić information content (AvgIpc) is 2.47. The van der Waals surface area contributed by atoms with Crippen LogP contribution in [0.5, 0.6) is 11.5 Å². The van der Waals surface area contributed by atoms with E-state index in [9.17, 15) is 5.11 Å². The molecule has 0 aliphatic rings. The molecule has 0 aliphatic heterocycles. The Morgan fingerprint density at radius 2 is 1.89 bits per heavy atom. The molecule has 2 N–H and O–H groups in total. The molecule has 3 nitrogen and oxygen atoms in total. The molecule has 0 spiro atoms. The van der Waals surface area contributed by atoms with Gasteiger partial charge in [0.1, 0.15) is 11.5 Å². The summed E-state index contributed by atoms with van der Waals surface area (Å²) in [6.07, 6.45) is 0. The maximum Gasteiger partial charge on any atom is 0.120 e. The first-order valence-electron chi connectivity index (χ1n) is 6.35. The van der Waals surface area contributed by atoms with Gasteiger partial charge >= 0.3 is 0 Å². The molecule has 1 atom stereocenters. The molecule has 0 fully saturated rings. The average molecular weight is 257 g/mol. The van der Waals surface area contributed by atoms with E-state index in [0.29, 0.717) is 6.54 Å². The minimum absolute atomic E-state index is 0.229. The Labute approximate surface area is 113 Å². The van der Waals surface area contributed by atoms with Crippen LogP contribution in [0, 0.1) is 0 Å². The third kappa shape index (κ3) is 3.48. The summed E-state index contributed by atoms with van der Waals surface area (Å²) < 4.78 is 5.16. The summed E-state index contributed by atoms with van der Waals surface area (Å²) in [5.41, 5.74) is 2.06. The number of methoxy groups -OCH3 is 1. The van der Waals surface area contributed by atoms with E-state index in [0.717, 1.165) is 11.3 Å². The molecule has 0 radical (unpaired) electrons. The quantitative estimate of drug-likeness (QED) is 0.864. The lowest BCUT2D eigenvalue weighted by atomic mass is 10.1. The third-order valence-corrected chi connectivity index (χ3v) is 3.18. The number of nitrogens with one attached hydrogen (secondary N) is 1. The molecular formula is C16H19NO2. The second-order valence-electron chi connectivity index (χ2n) is 4.51. The minimum Gasteiger partial charge on any atom is -0.508 e. The summed E-state index contributed by atoms with van der Waals surface area (Å²) in [4.78, 5) is 0. The van der Waals surface area contributed by atoms with Gasteiger partial charge in [0.2, 0.25) is 0 Å². The van der Waals surface area contributed by atoms with E-state index in [1.807, 2.05) is 24.3 Å². The first kappa shape index (κ1) is 13.4. The van der Waals surface area contributed by atoms with Crippen molar-refractivity contribution >= 4 is 0 Å². The number of rotatable bonds is 5. The predicted molar refractivity (Wildman–Crippen MR) is 76.4 cm³/mol. The molecule has 0 aromatic heterocycles. The smallest absolute Gasteiger partial charge is 0.120 e. The van der Waals surface area contributed by atoms with Crippen LogP contribution in [-0.4, -0.2) is 12.2 Å². The van der Waals surface area contributed by atoms with E-state index in [-0.39, 0.29) is 11.8 Å². The van der Waals surface area contributed by atoms with Crippen molar-refractivity contribution in [3.05, 3.63) is 59.7 Å². The second kappa shape index (κ2) is 6.25. The minimum atomic E-state index is 0.229. The van der Waals surface area contributed by atoms with Crippen LogP contribution in [0.2, 0.25) is 0 Å². The number of aromatic hydroxyl groups is 1. The van der Waals surface area contributed by atoms with Gasteiger partial charge in [-0.2, -0.15) is 0 Å². The predicted octanol–water partition coefficient (Wildman–Crippen LogP) is 3.25. The summed E-state index contributed by atoms with van der Waals surface area (Å²) in [5, 5.41) is 13.2. The molecule has 0 amide bonds. The van der Waals surface area contributed by atoms with Crippen molar-refractivity contribution in [2.45, 2.75) is 19.5 Å². The molecule has 0 saturated carbocycles. The normalized spacial score (nSPS) is 12.1. The van der Waals surface area contributed by atoms with E-state index >= 15 is 0 Å². The fourth-order valence-electron chi connectivity index (χ4n) is 1.95. The zero-order valence-electron chi connectivity index (χ0n) is 11.3. The van der Waals surface area contributed by atoms with Crippen molar-refractivity contribution in [1.29, 1.82) is 0 Å². The maximum absolute atomic E-state index is 9.82. The molecule has 3 heteroatoms. The number of hydrogen-bond acceptors (Lipinski definition) is 3. The molecule has 2 rings (SSSR count). The lowest BCUT2D eigenvalue weighted by Crippen LogP contribution is -2.18. The van der Waals surface area contributed by atoms with Gasteiger partial charge in [-0.1, -0.05) is 30.3 Å². The fraction of sp³-hybridized carbons (Fsp3) is 0.250. The van der Waals surface area contributed by atoms with Crippen LogP contribution < -0.4 is 10.1 Å². The summed E-state index contributed by atoms with van der Waals surface area (Å²) in [6.45, 7) is 2.70. The Morgan fingerprint density at radius 3 is 2.58 bits per heavy atom. The fourth-order valence-corrected chi connectivity index (χ4v) is 1.95. The molecule has 0 aliphatic carbocycles. The number of ether oxygens (including phenoxy) is 1. The summed E-state index contributed by atoms with van der Waals surface area (Å²) >= 11 is 0. The van der Waals surface area contributed by atoms with E-state index in [2.05, 4.69) is 24.4 Å². The monoisotopic (exact) mass is 257 g/mol. The van der Waals surface area contributed by atoms with Gasteiger partial charge in [-0.25, -0.2) is 0 Å². The Balaban J connectivity index is 2.02. The highest BCUT2D eigenvalue weighted by molar-refractivity contribution is 5.39. The molecule has 0 saturated heterocycles. The van der Waals surface area contributed by atoms with Crippen molar-refractivity contribution < 1.29 is 9.84 Å². The molecule has 0 bridgehead atoms. The zero-order chi connectivity index (χ0) is 13.7. The van der Waals surface area contributed by atoms with Crippen molar-refractivity contribution in [2.75, 3.05) is 7.11 Å². The Kier molecular flexibility index (Phi) is 4.42. The van der Waals surface area contributed by atoms with E-state index in [1.54, 1.807) is 19.2 Å². The van der Waals surface area contributed by atoms with E-state index in [1.165, 1.54) is 5.56 Å². The van der Waals surface area contributed by atoms with Crippen LogP contribution in [0.25, 0.3) is 0 Å². The summed E-state index contributed by atoms with van der Waals surface area (Å²) in [7, 11) is 1.62. The van der Waals surface area contributed by atoms with Gasteiger partial charge in [0, 0.05) is 18.2 Å². The highest BCUT2D eigenvalue weighted by Gasteiger charge is 2.07. The van der Waals surface area contributed by atoms with Gasteiger partial charge in [0.15, 0.2) is 0 Å². The first-order valence-corrected chi connectivity index (χ1v) is 6.35. The molecule has 2 aromatic rings. The van der Waals surface area contributed by atoms with Gasteiger partial charge in [-0.3, -0.25) is 0 Å². The largest absolute Gasteiger partial charge is 0.508 e. The summed E-state index contributed by atoms with van der Waals surface area (Å²) in [5.74, 6) is 1.04. The van der Waals surface area contributed by atoms with Gasteiger partial charge in [0.05, 0.1) is 7.11 Å². The highest BCUT2D eigenvalue weighted by Crippen LogP contribution is 2.23. The first-order chi connectivity index (χ1) is 9.20. The van der Waals surface area contributed by atoms with Crippen LogP contribution in [0.4, 0.5) is 0 Å². The van der Waals surface area contributed by atoms with Gasteiger partial charge in [-0.15, -0.1) is 0 Å². The molecule has 1 unspecified atom stereocenters. The third-order valence-electron chi connectivity index (χ3n) is 3.18. The zero-order valence-corrected chi connectivity index (χ0v) is 11.3. The Hall–Kier alpha value is -2.00. The molecule has 100 valence electrons. The highest BCUT2D eigenvalue weighted by atomic mass is 16.5. The lowest BCUT2D eigenvalue weighted by Gasteiger charge is -2.15. The van der Waals surface area contributed by atoms with Crippen LogP contribution >= 0.6 is 0 Å². The van der Waals surface area contributed by atoms with Crippen molar-refractivity contribution in [1.82, 2.24) is 5.32 Å². The number of phenolic OH excluding ortho intramolecular Hbond substituents is 1. The second-order valence-corrected chi connectivity index (χ2v) is 4.51. The Morgan fingerprint density at radius 1 is 1.16 bits per heavy atom. The molecule has 2 aromatic carbocycles. The van der Waals surface area contributed by atoms with Gasteiger partial charge in [-0.05, 0) is 30.7 Å². The SMILES string of the molecule is COc1ccc(O)c(CNC(C)c2ccccc2)c1. The maximum atomic E-state index is 9.82. The molecular weight excluding hydrogens is 238 g/mol. The number of phenols is 1. The van der Waals surface area contributed by atoms with Crippen LogP contribution in [0.15, 0.2) is 48.5 Å². The van der Waals surface area contributed by atoms with Crippen molar-refractivity contribution in [3.8, 4) is 11.5 Å². The number of benzene rings is 2. The lowest BCUT2D eigenvalue weighted by molar-refractivity contribution is 0.409. The van der Waals surface area contributed by atoms with Gasteiger partial charge in [0.25, 0.3) is 0 Å². The molecule has 19 heavy (non-hydrogen) atoms. The Bertz CT molecular complexity index is 526. The van der Waals surface area contributed by atoms with Crippen LogP contribution in [0.3, 0.4) is 0 Å². The van der Waals surface area contributed by atoms with Crippen molar-refractivity contribution in [2.24, 2.45) is 0 Å². The topological polar surface area (TPSA) is 41.5 Å². The summed E-state index contributed by atoms with van der Waals surface area (Å²) in [6, 6.07) is 15.7. The number of hydrogen-bond donors (Lipinski definition) is 2. The van der Waals surface area contributed by atoms with Crippen molar-refractivity contribution in [3.63, 3.8) is 0 Å². The van der Waals surface area contributed by atoms with Crippen LogP contribution in [-0.2, 0) is 6.54 Å².